The highest BCUT2D eigenvalue weighted by atomic mass is 35.5. The molecule has 0 heterocycles. The number of aromatic hydroxyl groups is 1. The zero-order chi connectivity index (χ0) is 10.4. The SMILES string of the molecule is O=C(NCCCCl)c1ccc(O)cc1. The normalized spacial score (nSPS) is 9.79. The summed E-state index contributed by atoms with van der Waals surface area (Å²) in [6.07, 6.45) is 0.755. The molecule has 0 saturated heterocycles. The van der Waals surface area contributed by atoms with Gasteiger partial charge in [-0.1, -0.05) is 0 Å². The van der Waals surface area contributed by atoms with Gasteiger partial charge in [-0.15, -0.1) is 11.6 Å². The van der Waals surface area contributed by atoms with Crippen LogP contribution in [0.1, 0.15) is 16.8 Å². The number of carbonyl (C=O) groups excluding carboxylic acids is 1. The number of halogens is 1. The minimum atomic E-state index is -0.143. The first-order valence-corrected chi connectivity index (χ1v) is 4.90. The van der Waals surface area contributed by atoms with Crippen LogP contribution >= 0.6 is 11.6 Å². The van der Waals surface area contributed by atoms with Gasteiger partial charge in [-0.2, -0.15) is 0 Å². The lowest BCUT2D eigenvalue weighted by molar-refractivity contribution is 0.0954. The molecule has 0 atom stereocenters. The highest BCUT2D eigenvalue weighted by molar-refractivity contribution is 6.17. The van der Waals surface area contributed by atoms with Crippen molar-refractivity contribution in [1.29, 1.82) is 0 Å². The molecule has 0 unspecified atom stereocenters. The van der Waals surface area contributed by atoms with Gasteiger partial charge in [0, 0.05) is 18.0 Å². The number of hydrogen-bond acceptors (Lipinski definition) is 2. The van der Waals surface area contributed by atoms with E-state index < -0.39 is 0 Å². The minimum Gasteiger partial charge on any atom is -0.508 e. The van der Waals surface area contributed by atoms with Crippen LogP contribution in [0.15, 0.2) is 24.3 Å². The summed E-state index contributed by atoms with van der Waals surface area (Å²) in [5.74, 6) is 0.549. The molecule has 0 aliphatic carbocycles. The van der Waals surface area contributed by atoms with E-state index >= 15 is 0 Å². The fourth-order valence-corrected chi connectivity index (χ4v) is 1.12. The summed E-state index contributed by atoms with van der Waals surface area (Å²) < 4.78 is 0. The Kier molecular flexibility index (Phi) is 4.26. The Morgan fingerprint density at radius 2 is 2.00 bits per heavy atom. The number of benzene rings is 1. The van der Waals surface area contributed by atoms with Gasteiger partial charge in [0.25, 0.3) is 5.91 Å². The van der Waals surface area contributed by atoms with Crippen LogP contribution in [0.3, 0.4) is 0 Å². The van der Waals surface area contributed by atoms with Gasteiger partial charge in [0.2, 0.25) is 0 Å². The minimum absolute atomic E-state index is 0.143. The maximum atomic E-state index is 11.4. The van der Waals surface area contributed by atoms with Crippen molar-refractivity contribution in [3.8, 4) is 5.75 Å². The molecule has 1 amide bonds. The van der Waals surface area contributed by atoms with Crippen LogP contribution in [0, 0.1) is 0 Å². The molecule has 0 aliphatic heterocycles. The van der Waals surface area contributed by atoms with E-state index in [1.54, 1.807) is 12.1 Å². The lowest BCUT2D eigenvalue weighted by Crippen LogP contribution is -2.24. The number of amides is 1. The van der Waals surface area contributed by atoms with E-state index in [1.807, 2.05) is 0 Å². The lowest BCUT2D eigenvalue weighted by Gasteiger charge is -2.03. The Bertz CT molecular complexity index is 297. The van der Waals surface area contributed by atoms with Crippen LogP contribution in [0.25, 0.3) is 0 Å². The summed E-state index contributed by atoms with van der Waals surface area (Å²) >= 11 is 5.47. The molecule has 76 valence electrons. The topological polar surface area (TPSA) is 49.3 Å². The first kappa shape index (κ1) is 10.9. The number of alkyl halides is 1. The van der Waals surface area contributed by atoms with Gasteiger partial charge in [-0.05, 0) is 30.7 Å². The van der Waals surface area contributed by atoms with Crippen molar-refractivity contribution >= 4 is 17.5 Å². The van der Waals surface area contributed by atoms with E-state index in [-0.39, 0.29) is 11.7 Å². The molecule has 0 aliphatic rings. The van der Waals surface area contributed by atoms with E-state index in [4.69, 9.17) is 16.7 Å². The second-order valence-electron chi connectivity index (χ2n) is 2.85. The van der Waals surface area contributed by atoms with E-state index in [2.05, 4.69) is 5.32 Å². The first-order valence-electron chi connectivity index (χ1n) is 4.37. The standard InChI is InChI=1S/C10H12ClNO2/c11-6-1-7-12-10(14)8-2-4-9(13)5-3-8/h2-5,13H,1,6-7H2,(H,12,14). The highest BCUT2D eigenvalue weighted by Gasteiger charge is 2.03. The van der Waals surface area contributed by atoms with Gasteiger partial charge in [0.15, 0.2) is 0 Å². The Morgan fingerprint density at radius 1 is 1.36 bits per heavy atom. The molecule has 3 nitrogen and oxygen atoms in total. The number of phenolic OH excluding ortho intramolecular Hbond substituents is 1. The van der Waals surface area contributed by atoms with Crippen molar-refractivity contribution in [3.05, 3.63) is 29.8 Å². The third kappa shape index (κ3) is 3.26. The molecular formula is C10H12ClNO2. The molecule has 0 fully saturated rings. The van der Waals surface area contributed by atoms with Crippen molar-refractivity contribution in [2.45, 2.75) is 6.42 Å². The van der Waals surface area contributed by atoms with Crippen molar-refractivity contribution in [3.63, 3.8) is 0 Å². The predicted octanol–water partition coefficient (Wildman–Crippen LogP) is 1.75. The summed E-state index contributed by atoms with van der Waals surface area (Å²) in [5, 5.41) is 11.7. The molecule has 1 rings (SSSR count). The largest absolute Gasteiger partial charge is 0.508 e. The summed E-state index contributed by atoms with van der Waals surface area (Å²) in [6, 6.07) is 6.11. The second kappa shape index (κ2) is 5.50. The van der Waals surface area contributed by atoms with Gasteiger partial charge in [0.1, 0.15) is 5.75 Å². The zero-order valence-corrected chi connectivity index (χ0v) is 8.42. The number of phenols is 1. The third-order valence-electron chi connectivity index (χ3n) is 1.73. The van der Waals surface area contributed by atoms with Crippen LogP contribution in [0.5, 0.6) is 5.75 Å². The summed E-state index contributed by atoms with van der Waals surface area (Å²) in [6.45, 7) is 0.573. The summed E-state index contributed by atoms with van der Waals surface area (Å²) in [7, 11) is 0. The number of hydrogen-bond donors (Lipinski definition) is 2. The monoisotopic (exact) mass is 213 g/mol. The third-order valence-corrected chi connectivity index (χ3v) is 1.99. The molecule has 0 spiro atoms. The predicted molar refractivity (Wildman–Crippen MR) is 55.8 cm³/mol. The van der Waals surface area contributed by atoms with Gasteiger partial charge in [-0.3, -0.25) is 4.79 Å². The van der Waals surface area contributed by atoms with Crippen molar-refractivity contribution < 1.29 is 9.90 Å². The molecule has 0 radical (unpaired) electrons. The molecule has 0 bridgehead atoms. The first-order chi connectivity index (χ1) is 6.74. The van der Waals surface area contributed by atoms with Crippen LogP contribution in [-0.2, 0) is 0 Å². The van der Waals surface area contributed by atoms with Crippen LogP contribution in [-0.4, -0.2) is 23.4 Å². The van der Waals surface area contributed by atoms with Crippen LogP contribution < -0.4 is 5.32 Å². The second-order valence-corrected chi connectivity index (χ2v) is 3.22. The van der Waals surface area contributed by atoms with Gasteiger partial charge in [-0.25, -0.2) is 0 Å². The molecule has 0 saturated carbocycles. The Morgan fingerprint density at radius 3 is 2.57 bits per heavy atom. The van der Waals surface area contributed by atoms with Crippen LogP contribution in [0.4, 0.5) is 0 Å². The van der Waals surface area contributed by atoms with Gasteiger partial charge >= 0.3 is 0 Å². The average Bonchev–Trinajstić information content (AvgIpc) is 2.19. The van der Waals surface area contributed by atoms with Gasteiger partial charge in [0.05, 0.1) is 0 Å². The van der Waals surface area contributed by atoms with Crippen molar-refractivity contribution in [1.82, 2.24) is 5.32 Å². The fourth-order valence-electron chi connectivity index (χ4n) is 0.984. The summed E-state index contributed by atoms with van der Waals surface area (Å²) in [4.78, 5) is 11.4. The van der Waals surface area contributed by atoms with Crippen molar-refractivity contribution in [2.24, 2.45) is 0 Å². The Labute approximate surface area is 87.7 Å². The van der Waals surface area contributed by atoms with Crippen LogP contribution in [0.2, 0.25) is 0 Å². The van der Waals surface area contributed by atoms with E-state index in [0.717, 1.165) is 6.42 Å². The maximum Gasteiger partial charge on any atom is 0.251 e. The van der Waals surface area contributed by atoms with Crippen molar-refractivity contribution in [2.75, 3.05) is 12.4 Å². The van der Waals surface area contributed by atoms with E-state index in [9.17, 15) is 4.79 Å². The Hall–Kier alpha value is -1.22. The molecule has 2 N–H and O–H groups in total. The number of carbonyl (C=O) groups is 1. The molecule has 14 heavy (non-hydrogen) atoms. The zero-order valence-electron chi connectivity index (χ0n) is 7.66. The average molecular weight is 214 g/mol. The Balaban J connectivity index is 2.48. The molecule has 4 heteroatoms. The van der Waals surface area contributed by atoms with E-state index in [0.29, 0.717) is 18.0 Å². The highest BCUT2D eigenvalue weighted by Crippen LogP contribution is 2.09. The van der Waals surface area contributed by atoms with Gasteiger partial charge < -0.3 is 10.4 Å². The smallest absolute Gasteiger partial charge is 0.251 e. The fraction of sp³-hybridized carbons (Fsp3) is 0.300. The lowest BCUT2D eigenvalue weighted by atomic mass is 10.2. The molecule has 0 aromatic heterocycles. The van der Waals surface area contributed by atoms with E-state index in [1.165, 1.54) is 12.1 Å². The quantitative estimate of drug-likeness (QED) is 0.592. The molecular weight excluding hydrogens is 202 g/mol. The molecule has 1 aromatic rings. The summed E-state index contributed by atoms with van der Waals surface area (Å²) in [5.41, 5.74) is 0.539. The number of nitrogens with one attached hydrogen (secondary N) is 1. The maximum absolute atomic E-state index is 11.4. The number of rotatable bonds is 4. The molecule has 1 aromatic carbocycles.